The zero-order valence-corrected chi connectivity index (χ0v) is 16.2. The number of halogens is 1. The third-order valence-corrected chi connectivity index (χ3v) is 4.84. The topological polar surface area (TPSA) is 81.9 Å². The van der Waals surface area contributed by atoms with Crippen LogP contribution < -0.4 is 10.1 Å². The van der Waals surface area contributed by atoms with Gasteiger partial charge >= 0.3 is 0 Å². The molecule has 0 fully saturated rings. The van der Waals surface area contributed by atoms with Crippen molar-refractivity contribution in [2.75, 3.05) is 19.4 Å². The predicted molar refractivity (Wildman–Crippen MR) is 105 cm³/mol. The summed E-state index contributed by atoms with van der Waals surface area (Å²) < 4.78 is 5.18. The summed E-state index contributed by atoms with van der Waals surface area (Å²) >= 11 is 7.50. The third-order valence-electron chi connectivity index (χ3n) is 3.57. The van der Waals surface area contributed by atoms with Gasteiger partial charge in [-0.25, -0.2) is 0 Å². The smallest absolute Gasteiger partial charge is 0.243 e. The Hall–Kier alpha value is -2.58. The maximum atomic E-state index is 12.0. The fourth-order valence-electron chi connectivity index (χ4n) is 2.26. The highest BCUT2D eigenvalue weighted by molar-refractivity contribution is 7.99. The highest BCUT2D eigenvalue weighted by atomic mass is 35.5. The number of nitrogens with zero attached hydrogens (tertiary/aromatic N) is 4. The van der Waals surface area contributed by atoms with Gasteiger partial charge in [0.1, 0.15) is 12.3 Å². The van der Waals surface area contributed by atoms with Crippen LogP contribution in [0.5, 0.6) is 5.75 Å². The van der Waals surface area contributed by atoms with Crippen LogP contribution >= 0.6 is 23.4 Å². The second kappa shape index (κ2) is 9.38. The molecule has 1 amide bonds. The van der Waals surface area contributed by atoms with E-state index in [1.54, 1.807) is 18.9 Å². The predicted octanol–water partition coefficient (Wildman–Crippen LogP) is 2.91. The minimum Gasteiger partial charge on any atom is -0.497 e. The summed E-state index contributed by atoms with van der Waals surface area (Å²) in [6.45, 7) is 0.562. The fourth-order valence-corrected chi connectivity index (χ4v) is 3.16. The number of benzene rings is 2. The number of thioether (sulfide) groups is 1. The van der Waals surface area contributed by atoms with Gasteiger partial charge in [-0.1, -0.05) is 23.7 Å². The van der Waals surface area contributed by atoms with E-state index >= 15 is 0 Å². The monoisotopic (exact) mass is 403 g/mol. The van der Waals surface area contributed by atoms with Gasteiger partial charge in [0, 0.05) is 27.8 Å². The molecule has 27 heavy (non-hydrogen) atoms. The van der Waals surface area contributed by atoms with Gasteiger partial charge < -0.3 is 10.1 Å². The molecule has 0 saturated heterocycles. The molecule has 9 heteroatoms. The van der Waals surface area contributed by atoms with Gasteiger partial charge in [-0.2, -0.15) is 4.80 Å². The van der Waals surface area contributed by atoms with Crippen LogP contribution in [0.15, 0.2) is 53.4 Å². The highest BCUT2D eigenvalue weighted by Crippen LogP contribution is 2.20. The standard InChI is InChI=1S/C18H18ClN5O2S/c1-26-15-4-2-3-13(11-15)18-21-23-24(22-18)12-17(25)20-9-10-27-16-7-5-14(19)6-8-16/h2-8,11H,9-10,12H2,1H3,(H,20,25). The second-order valence-corrected chi connectivity index (χ2v) is 7.13. The lowest BCUT2D eigenvalue weighted by Crippen LogP contribution is -2.30. The minimum atomic E-state index is -0.165. The number of methoxy groups -OCH3 is 1. The van der Waals surface area contributed by atoms with E-state index in [9.17, 15) is 4.79 Å². The van der Waals surface area contributed by atoms with Crippen molar-refractivity contribution in [3.8, 4) is 17.1 Å². The molecule has 0 bridgehead atoms. The van der Waals surface area contributed by atoms with E-state index in [0.29, 0.717) is 23.1 Å². The third kappa shape index (κ3) is 5.70. The molecule has 0 radical (unpaired) electrons. The number of amides is 1. The number of rotatable bonds is 8. The van der Waals surface area contributed by atoms with E-state index in [-0.39, 0.29) is 12.5 Å². The second-order valence-electron chi connectivity index (χ2n) is 5.53. The fraction of sp³-hybridized carbons (Fsp3) is 0.222. The quantitative estimate of drug-likeness (QED) is 0.460. The number of nitrogens with one attached hydrogen (secondary N) is 1. The molecule has 0 unspecified atom stereocenters. The van der Waals surface area contributed by atoms with E-state index in [1.165, 1.54) is 4.80 Å². The number of carbonyl (C=O) groups excluding carboxylic acids is 1. The van der Waals surface area contributed by atoms with E-state index < -0.39 is 0 Å². The molecular formula is C18H18ClN5O2S. The van der Waals surface area contributed by atoms with Crippen molar-refractivity contribution in [3.05, 3.63) is 53.6 Å². The molecule has 3 aromatic rings. The molecule has 0 atom stereocenters. The van der Waals surface area contributed by atoms with E-state index in [1.807, 2.05) is 48.5 Å². The molecule has 3 rings (SSSR count). The number of ether oxygens (including phenoxy) is 1. The van der Waals surface area contributed by atoms with Crippen molar-refractivity contribution in [3.63, 3.8) is 0 Å². The zero-order valence-electron chi connectivity index (χ0n) is 14.6. The lowest BCUT2D eigenvalue weighted by molar-refractivity contribution is -0.121. The van der Waals surface area contributed by atoms with E-state index in [0.717, 1.165) is 16.2 Å². The number of carbonyl (C=O) groups is 1. The SMILES string of the molecule is COc1cccc(-c2nnn(CC(=O)NCCSc3ccc(Cl)cc3)n2)c1. The van der Waals surface area contributed by atoms with Gasteiger partial charge in [0.05, 0.1) is 7.11 Å². The van der Waals surface area contributed by atoms with Crippen LogP contribution in [-0.4, -0.2) is 45.5 Å². The Labute approximate surface area is 166 Å². The molecule has 0 aliphatic carbocycles. The molecule has 7 nitrogen and oxygen atoms in total. The molecule has 0 spiro atoms. The Bertz CT molecular complexity index is 901. The van der Waals surface area contributed by atoms with Crippen molar-refractivity contribution < 1.29 is 9.53 Å². The van der Waals surface area contributed by atoms with Crippen LogP contribution in [-0.2, 0) is 11.3 Å². The van der Waals surface area contributed by atoms with Gasteiger partial charge in [0.25, 0.3) is 0 Å². The first-order chi connectivity index (χ1) is 13.1. The van der Waals surface area contributed by atoms with Crippen LogP contribution in [0.1, 0.15) is 0 Å². The Morgan fingerprint density at radius 1 is 1.26 bits per heavy atom. The molecule has 0 aliphatic heterocycles. The lowest BCUT2D eigenvalue weighted by atomic mass is 10.2. The van der Waals surface area contributed by atoms with E-state index in [2.05, 4.69) is 20.7 Å². The largest absolute Gasteiger partial charge is 0.497 e. The van der Waals surface area contributed by atoms with Gasteiger partial charge in [-0.15, -0.1) is 22.0 Å². The lowest BCUT2D eigenvalue weighted by Gasteiger charge is -2.04. The maximum absolute atomic E-state index is 12.0. The van der Waals surface area contributed by atoms with Crippen LogP contribution in [0, 0.1) is 0 Å². The molecule has 0 aliphatic rings. The van der Waals surface area contributed by atoms with E-state index in [4.69, 9.17) is 16.3 Å². The highest BCUT2D eigenvalue weighted by Gasteiger charge is 2.09. The Kier molecular flexibility index (Phi) is 6.67. The summed E-state index contributed by atoms with van der Waals surface area (Å²) in [5, 5.41) is 15.7. The number of hydrogen-bond donors (Lipinski definition) is 1. The molecule has 1 heterocycles. The summed E-state index contributed by atoms with van der Waals surface area (Å²) in [5.74, 6) is 1.74. The van der Waals surface area contributed by atoms with Gasteiger partial charge in [-0.05, 0) is 41.6 Å². The molecule has 1 aromatic heterocycles. The van der Waals surface area contributed by atoms with Crippen molar-refractivity contribution in [1.82, 2.24) is 25.5 Å². The summed E-state index contributed by atoms with van der Waals surface area (Å²) in [6.07, 6.45) is 0. The van der Waals surface area contributed by atoms with Gasteiger partial charge in [0.2, 0.25) is 11.7 Å². The van der Waals surface area contributed by atoms with Crippen LogP contribution in [0.4, 0.5) is 0 Å². The summed E-state index contributed by atoms with van der Waals surface area (Å²) in [7, 11) is 1.60. The Morgan fingerprint density at radius 2 is 2.07 bits per heavy atom. The van der Waals surface area contributed by atoms with Crippen molar-refractivity contribution >= 4 is 29.3 Å². The van der Waals surface area contributed by atoms with Crippen LogP contribution in [0.3, 0.4) is 0 Å². The summed E-state index contributed by atoms with van der Waals surface area (Å²) in [6, 6.07) is 15.0. The molecule has 1 N–H and O–H groups in total. The normalized spacial score (nSPS) is 10.6. The van der Waals surface area contributed by atoms with Gasteiger partial charge in [0.15, 0.2) is 0 Å². The first-order valence-corrected chi connectivity index (χ1v) is 9.58. The summed E-state index contributed by atoms with van der Waals surface area (Å²) in [4.78, 5) is 14.4. The zero-order chi connectivity index (χ0) is 19.1. The van der Waals surface area contributed by atoms with Crippen LogP contribution in [0.2, 0.25) is 5.02 Å². The number of tetrazole rings is 1. The minimum absolute atomic E-state index is 0.0164. The van der Waals surface area contributed by atoms with Crippen molar-refractivity contribution in [1.29, 1.82) is 0 Å². The van der Waals surface area contributed by atoms with Gasteiger partial charge in [-0.3, -0.25) is 4.79 Å². The van der Waals surface area contributed by atoms with Crippen molar-refractivity contribution in [2.45, 2.75) is 11.4 Å². The summed E-state index contributed by atoms with van der Waals surface area (Å²) in [5.41, 5.74) is 0.778. The van der Waals surface area contributed by atoms with Crippen molar-refractivity contribution in [2.24, 2.45) is 0 Å². The first kappa shape index (κ1) is 19.2. The first-order valence-electron chi connectivity index (χ1n) is 8.21. The average molecular weight is 404 g/mol. The molecule has 140 valence electrons. The Balaban J connectivity index is 1.45. The number of hydrogen-bond acceptors (Lipinski definition) is 6. The van der Waals surface area contributed by atoms with Crippen LogP contribution in [0.25, 0.3) is 11.4 Å². The Morgan fingerprint density at radius 3 is 2.85 bits per heavy atom. The average Bonchev–Trinajstić information content (AvgIpc) is 3.15. The molecule has 2 aromatic carbocycles. The molecular weight excluding hydrogens is 386 g/mol. The molecule has 0 saturated carbocycles. The maximum Gasteiger partial charge on any atom is 0.243 e. The number of aromatic nitrogens is 4.